The van der Waals surface area contributed by atoms with Gasteiger partial charge in [0.05, 0.1) is 11.9 Å². The average Bonchev–Trinajstić information content (AvgIpc) is 2.92. The molecule has 0 aliphatic rings. The second kappa shape index (κ2) is 5.95. The Balaban J connectivity index is 1.88. The number of fused-ring (bicyclic) bond motifs is 1. The van der Waals surface area contributed by atoms with Crippen LogP contribution >= 0.6 is 11.3 Å². The van der Waals surface area contributed by atoms with Crippen molar-refractivity contribution in [2.75, 3.05) is 5.32 Å². The topological polar surface area (TPSA) is 80.4 Å². The van der Waals surface area contributed by atoms with E-state index in [9.17, 15) is 4.79 Å². The van der Waals surface area contributed by atoms with E-state index in [1.54, 1.807) is 12.3 Å². The first kappa shape index (κ1) is 14.2. The van der Waals surface area contributed by atoms with Crippen LogP contribution in [-0.4, -0.2) is 17.1 Å². The lowest BCUT2D eigenvalue weighted by Crippen LogP contribution is -2.11. The van der Waals surface area contributed by atoms with Crippen LogP contribution in [0.5, 0.6) is 0 Å². The molecule has 0 fully saturated rings. The molecular weight excluding hydrogens is 296 g/mol. The monoisotopic (exact) mass is 310 g/mol. The SMILES string of the molecule is Cc1csc(NC(=O)c2ccc3cc(C=NN)ccc3c2)n1. The predicted molar refractivity (Wildman–Crippen MR) is 90.5 cm³/mol. The summed E-state index contributed by atoms with van der Waals surface area (Å²) in [7, 11) is 0. The van der Waals surface area contributed by atoms with Crippen LogP contribution in [0.3, 0.4) is 0 Å². The van der Waals surface area contributed by atoms with Crippen LogP contribution in [0.25, 0.3) is 10.8 Å². The van der Waals surface area contributed by atoms with Crippen LogP contribution in [0.2, 0.25) is 0 Å². The fourth-order valence-electron chi connectivity index (χ4n) is 2.15. The third-order valence-electron chi connectivity index (χ3n) is 3.19. The lowest BCUT2D eigenvalue weighted by atomic mass is 10.0. The molecule has 0 spiro atoms. The Hall–Kier alpha value is -2.73. The minimum Gasteiger partial charge on any atom is -0.323 e. The summed E-state index contributed by atoms with van der Waals surface area (Å²) >= 11 is 1.41. The summed E-state index contributed by atoms with van der Waals surface area (Å²) in [5.41, 5.74) is 2.42. The number of amides is 1. The average molecular weight is 310 g/mol. The zero-order chi connectivity index (χ0) is 15.5. The van der Waals surface area contributed by atoms with E-state index in [4.69, 9.17) is 5.84 Å². The number of hydrogen-bond acceptors (Lipinski definition) is 5. The number of hydrazone groups is 1. The summed E-state index contributed by atoms with van der Waals surface area (Å²) in [5, 5.41) is 10.8. The number of benzene rings is 2. The minimum atomic E-state index is -0.163. The highest BCUT2D eigenvalue weighted by Crippen LogP contribution is 2.20. The van der Waals surface area contributed by atoms with Crippen molar-refractivity contribution in [2.45, 2.75) is 6.92 Å². The second-order valence-corrected chi connectivity index (χ2v) is 5.71. The molecule has 1 amide bonds. The van der Waals surface area contributed by atoms with E-state index in [0.29, 0.717) is 10.7 Å². The molecule has 6 heteroatoms. The zero-order valence-corrected chi connectivity index (χ0v) is 12.7. The van der Waals surface area contributed by atoms with Gasteiger partial charge in [-0.25, -0.2) is 4.98 Å². The summed E-state index contributed by atoms with van der Waals surface area (Å²) in [5.74, 6) is 4.99. The number of rotatable bonds is 3. The Kier molecular flexibility index (Phi) is 3.84. The highest BCUT2D eigenvalue weighted by Gasteiger charge is 2.09. The molecule has 0 aliphatic heterocycles. The molecule has 1 heterocycles. The molecule has 0 radical (unpaired) electrons. The normalized spacial score (nSPS) is 11.1. The van der Waals surface area contributed by atoms with Crippen LogP contribution < -0.4 is 11.2 Å². The van der Waals surface area contributed by atoms with Crippen LogP contribution in [0, 0.1) is 6.92 Å². The molecule has 0 unspecified atom stereocenters. The number of aryl methyl sites for hydroxylation is 1. The number of carbonyl (C=O) groups is 1. The van der Waals surface area contributed by atoms with Gasteiger partial charge in [0.15, 0.2) is 5.13 Å². The minimum absolute atomic E-state index is 0.163. The Bertz CT molecular complexity index is 869. The summed E-state index contributed by atoms with van der Waals surface area (Å²) in [6.07, 6.45) is 1.59. The lowest BCUT2D eigenvalue weighted by molar-refractivity contribution is 0.102. The van der Waals surface area contributed by atoms with Crippen molar-refractivity contribution >= 4 is 39.4 Å². The third-order valence-corrected chi connectivity index (χ3v) is 4.07. The van der Waals surface area contributed by atoms with Gasteiger partial charge in [-0.3, -0.25) is 10.1 Å². The number of hydrogen-bond donors (Lipinski definition) is 2. The molecule has 3 N–H and O–H groups in total. The van der Waals surface area contributed by atoms with Crippen molar-refractivity contribution in [1.82, 2.24) is 4.98 Å². The number of nitrogens with two attached hydrogens (primary N) is 1. The first-order valence-electron chi connectivity index (χ1n) is 6.66. The molecule has 0 saturated heterocycles. The lowest BCUT2D eigenvalue weighted by Gasteiger charge is -2.04. The molecule has 5 nitrogen and oxygen atoms in total. The number of aromatic nitrogens is 1. The summed E-state index contributed by atoms with van der Waals surface area (Å²) in [4.78, 5) is 16.5. The third kappa shape index (κ3) is 2.96. The van der Waals surface area contributed by atoms with E-state index in [-0.39, 0.29) is 5.91 Å². The smallest absolute Gasteiger partial charge is 0.257 e. The Morgan fingerprint density at radius 2 is 2.05 bits per heavy atom. The van der Waals surface area contributed by atoms with E-state index < -0.39 is 0 Å². The van der Waals surface area contributed by atoms with E-state index in [1.165, 1.54) is 11.3 Å². The standard InChI is InChI=1S/C16H14N4OS/c1-10-9-22-16(19-10)20-15(21)14-5-4-12-6-11(8-18-17)2-3-13(12)7-14/h2-9H,17H2,1H3,(H,19,20,21). The van der Waals surface area contributed by atoms with Crippen LogP contribution in [0.15, 0.2) is 46.9 Å². The fourth-order valence-corrected chi connectivity index (χ4v) is 2.84. The van der Waals surface area contributed by atoms with Crippen LogP contribution in [0.4, 0.5) is 5.13 Å². The largest absolute Gasteiger partial charge is 0.323 e. The van der Waals surface area contributed by atoms with Gasteiger partial charge in [0.1, 0.15) is 0 Å². The summed E-state index contributed by atoms with van der Waals surface area (Å²) < 4.78 is 0. The molecule has 110 valence electrons. The molecule has 0 saturated carbocycles. The van der Waals surface area contributed by atoms with E-state index in [0.717, 1.165) is 22.0 Å². The quantitative estimate of drug-likeness (QED) is 0.443. The van der Waals surface area contributed by atoms with Crippen molar-refractivity contribution in [3.63, 3.8) is 0 Å². The van der Waals surface area contributed by atoms with Gasteiger partial charge >= 0.3 is 0 Å². The van der Waals surface area contributed by atoms with Crippen molar-refractivity contribution in [1.29, 1.82) is 0 Å². The highest BCUT2D eigenvalue weighted by molar-refractivity contribution is 7.13. The van der Waals surface area contributed by atoms with E-state index >= 15 is 0 Å². The van der Waals surface area contributed by atoms with Crippen molar-refractivity contribution < 1.29 is 4.79 Å². The Morgan fingerprint density at radius 1 is 1.27 bits per heavy atom. The Morgan fingerprint density at radius 3 is 2.77 bits per heavy atom. The number of nitrogens with zero attached hydrogens (tertiary/aromatic N) is 2. The number of carbonyl (C=O) groups excluding carboxylic acids is 1. The van der Waals surface area contributed by atoms with Gasteiger partial charge in [-0.1, -0.05) is 18.2 Å². The van der Waals surface area contributed by atoms with Crippen LogP contribution in [-0.2, 0) is 0 Å². The maximum Gasteiger partial charge on any atom is 0.257 e. The maximum atomic E-state index is 12.3. The van der Waals surface area contributed by atoms with Gasteiger partial charge in [-0.15, -0.1) is 11.3 Å². The van der Waals surface area contributed by atoms with Gasteiger partial charge in [0.25, 0.3) is 5.91 Å². The molecule has 3 rings (SSSR count). The van der Waals surface area contributed by atoms with Gasteiger partial charge < -0.3 is 5.84 Å². The van der Waals surface area contributed by atoms with Gasteiger partial charge in [-0.05, 0) is 41.5 Å². The maximum absolute atomic E-state index is 12.3. The number of thiazole rings is 1. The van der Waals surface area contributed by atoms with Gasteiger partial charge in [0, 0.05) is 10.9 Å². The van der Waals surface area contributed by atoms with Crippen molar-refractivity contribution in [2.24, 2.45) is 10.9 Å². The number of anilines is 1. The van der Waals surface area contributed by atoms with Gasteiger partial charge in [0.2, 0.25) is 0 Å². The van der Waals surface area contributed by atoms with Crippen molar-refractivity contribution in [3.8, 4) is 0 Å². The Labute approximate surface area is 131 Å². The first-order valence-corrected chi connectivity index (χ1v) is 7.54. The first-order chi connectivity index (χ1) is 10.7. The molecule has 2 aromatic carbocycles. The predicted octanol–water partition coefficient (Wildman–Crippen LogP) is 3.15. The molecular formula is C16H14N4OS. The highest BCUT2D eigenvalue weighted by atomic mass is 32.1. The summed E-state index contributed by atoms with van der Waals surface area (Å²) in [6, 6.07) is 11.4. The molecule has 0 bridgehead atoms. The van der Waals surface area contributed by atoms with E-state index in [1.807, 2.05) is 42.6 Å². The molecule has 0 atom stereocenters. The summed E-state index contributed by atoms with van der Waals surface area (Å²) in [6.45, 7) is 1.89. The van der Waals surface area contributed by atoms with E-state index in [2.05, 4.69) is 15.4 Å². The van der Waals surface area contributed by atoms with Gasteiger partial charge in [-0.2, -0.15) is 5.10 Å². The fraction of sp³-hybridized carbons (Fsp3) is 0.0625. The van der Waals surface area contributed by atoms with Crippen molar-refractivity contribution in [3.05, 3.63) is 58.6 Å². The number of nitrogens with one attached hydrogen (secondary N) is 1. The molecule has 0 aliphatic carbocycles. The zero-order valence-electron chi connectivity index (χ0n) is 11.9. The molecule has 3 aromatic rings. The second-order valence-electron chi connectivity index (χ2n) is 4.85. The van der Waals surface area contributed by atoms with Crippen LogP contribution in [0.1, 0.15) is 21.6 Å². The molecule has 1 aromatic heterocycles. The molecule has 22 heavy (non-hydrogen) atoms.